The fourth-order valence-corrected chi connectivity index (χ4v) is 1.63. The van der Waals surface area contributed by atoms with Crippen molar-refractivity contribution < 1.29 is 0 Å². The highest BCUT2D eigenvalue weighted by Gasteiger charge is 2.13. The number of aryl methyl sites for hydroxylation is 1. The van der Waals surface area contributed by atoms with E-state index in [-0.39, 0.29) is 6.04 Å². The topological polar surface area (TPSA) is 82.5 Å². The van der Waals surface area contributed by atoms with Crippen LogP contribution >= 0.6 is 0 Å². The summed E-state index contributed by atoms with van der Waals surface area (Å²) >= 11 is 0. The molecular weight excluding hydrogens is 216 g/mol. The molecule has 0 aliphatic heterocycles. The molecule has 2 N–H and O–H groups in total. The van der Waals surface area contributed by atoms with Gasteiger partial charge in [-0.2, -0.15) is 5.10 Å². The zero-order valence-electron chi connectivity index (χ0n) is 9.82. The molecule has 2 rings (SSSR count). The second-order valence-electron chi connectivity index (χ2n) is 3.82. The lowest BCUT2D eigenvalue weighted by molar-refractivity contribution is 0.540. The van der Waals surface area contributed by atoms with Crippen LogP contribution in [0.5, 0.6) is 0 Å². The Bertz CT molecular complexity index is 452. The summed E-state index contributed by atoms with van der Waals surface area (Å²) in [5.41, 5.74) is 6.05. The van der Waals surface area contributed by atoms with E-state index < -0.39 is 0 Å². The van der Waals surface area contributed by atoms with Crippen molar-refractivity contribution in [1.82, 2.24) is 24.7 Å². The average Bonchev–Trinajstić information content (AvgIpc) is 2.78. The molecule has 90 valence electrons. The van der Waals surface area contributed by atoms with Crippen molar-refractivity contribution in [2.75, 3.05) is 0 Å². The predicted molar refractivity (Wildman–Crippen MR) is 63.0 cm³/mol. The lowest BCUT2D eigenvalue weighted by Gasteiger charge is -2.10. The van der Waals surface area contributed by atoms with Crippen LogP contribution in [0, 0.1) is 0 Å². The van der Waals surface area contributed by atoms with Gasteiger partial charge in [0, 0.05) is 25.4 Å². The van der Waals surface area contributed by atoms with Crippen LogP contribution in [0.4, 0.5) is 0 Å². The number of rotatable bonds is 5. The van der Waals surface area contributed by atoms with E-state index in [0.717, 1.165) is 18.8 Å². The zero-order chi connectivity index (χ0) is 12.1. The van der Waals surface area contributed by atoms with Crippen molar-refractivity contribution >= 4 is 0 Å². The van der Waals surface area contributed by atoms with Crippen LogP contribution in [0.2, 0.25) is 0 Å². The maximum atomic E-state index is 6.05. The van der Waals surface area contributed by atoms with Crippen molar-refractivity contribution in [1.29, 1.82) is 0 Å². The normalized spacial score (nSPS) is 12.6. The lowest BCUT2D eigenvalue weighted by atomic mass is 10.2. The van der Waals surface area contributed by atoms with Crippen molar-refractivity contribution in [3.8, 4) is 0 Å². The van der Waals surface area contributed by atoms with E-state index in [9.17, 15) is 0 Å². The summed E-state index contributed by atoms with van der Waals surface area (Å²) in [6, 6.07) is 1.53. The molecule has 6 heteroatoms. The third-order valence-corrected chi connectivity index (χ3v) is 2.45. The van der Waals surface area contributed by atoms with Gasteiger partial charge in [0.2, 0.25) is 0 Å². The molecule has 0 aliphatic rings. The Balaban J connectivity index is 2.08. The first-order valence-electron chi connectivity index (χ1n) is 5.70. The molecular formula is C11H16N6. The largest absolute Gasteiger partial charge is 0.321 e. The predicted octanol–water partition coefficient (Wildman–Crippen LogP) is 0.721. The first-order valence-corrected chi connectivity index (χ1v) is 5.70. The second-order valence-corrected chi connectivity index (χ2v) is 3.82. The summed E-state index contributed by atoms with van der Waals surface area (Å²) < 4.78 is 1.88. The number of aromatic nitrogens is 5. The van der Waals surface area contributed by atoms with Crippen LogP contribution in [0.15, 0.2) is 24.8 Å². The minimum atomic E-state index is -0.240. The van der Waals surface area contributed by atoms with Gasteiger partial charge < -0.3 is 5.73 Å². The summed E-state index contributed by atoms with van der Waals surface area (Å²) in [6.07, 6.45) is 6.57. The van der Waals surface area contributed by atoms with Crippen LogP contribution in [0.25, 0.3) is 0 Å². The van der Waals surface area contributed by atoms with Gasteiger partial charge in [0.1, 0.15) is 18.0 Å². The Morgan fingerprint density at radius 3 is 2.76 bits per heavy atom. The smallest absolute Gasteiger partial charge is 0.145 e. The summed E-state index contributed by atoms with van der Waals surface area (Å²) in [6.45, 7) is 2.96. The van der Waals surface area contributed by atoms with Gasteiger partial charge >= 0.3 is 0 Å². The van der Waals surface area contributed by atoms with E-state index in [1.54, 1.807) is 24.8 Å². The highest BCUT2D eigenvalue weighted by molar-refractivity contribution is 5.00. The molecule has 0 aliphatic carbocycles. The van der Waals surface area contributed by atoms with E-state index >= 15 is 0 Å². The summed E-state index contributed by atoms with van der Waals surface area (Å²) in [4.78, 5) is 12.5. The molecule has 0 saturated heterocycles. The third kappa shape index (κ3) is 2.85. The van der Waals surface area contributed by atoms with Crippen molar-refractivity contribution in [2.45, 2.75) is 32.4 Å². The maximum Gasteiger partial charge on any atom is 0.145 e. The fourth-order valence-electron chi connectivity index (χ4n) is 1.63. The minimum absolute atomic E-state index is 0.240. The summed E-state index contributed by atoms with van der Waals surface area (Å²) in [5, 5.41) is 4.16. The molecule has 0 saturated carbocycles. The van der Waals surface area contributed by atoms with Gasteiger partial charge in [0.05, 0.1) is 6.04 Å². The molecule has 0 aromatic carbocycles. The number of hydrogen-bond acceptors (Lipinski definition) is 5. The maximum absolute atomic E-state index is 6.05. The Labute approximate surface area is 99.9 Å². The first kappa shape index (κ1) is 11.7. The quantitative estimate of drug-likeness (QED) is 0.821. The molecule has 2 aromatic heterocycles. The van der Waals surface area contributed by atoms with E-state index in [2.05, 4.69) is 27.0 Å². The molecule has 0 radical (unpaired) electrons. The van der Waals surface area contributed by atoms with E-state index in [0.29, 0.717) is 12.2 Å². The molecule has 2 aromatic rings. The van der Waals surface area contributed by atoms with Crippen LogP contribution in [0.3, 0.4) is 0 Å². The standard InChI is InChI=1S/C11H16N6/c1-2-6-17-10(15-8-16-17)7-9(12)11-13-4-3-5-14-11/h3-5,8-9H,2,6-7,12H2,1H3. The van der Waals surface area contributed by atoms with Crippen LogP contribution in [0.1, 0.15) is 31.0 Å². The number of nitrogens with two attached hydrogens (primary N) is 1. The Morgan fingerprint density at radius 2 is 2.06 bits per heavy atom. The van der Waals surface area contributed by atoms with Crippen molar-refractivity contribution in [2.24, 2.45) is 5.73 Å². The monoisotopic (exact) mass is 232 g/mol. The molecule has 2 heterocycles. The molecule has 0 amide bonds. The third-order valence-electron chi connectivity index (χ3n) is 2.45. The Kier molecular flexibility index (Phi) is 3.77. The van der Waals surface area contributed by atoms with Gasteiger partial charge in [-0.15, -0.1) is 0 Å². The molecule has 1 unspecified atom stereocenters. The first-order chi connectivity index (χ1) is 8.31. The van der Waals surface area contributed by atoms with Crippen molar-refractivity contribution in [3.05, 3.63) is 36.4 Å². The Morgan fingerprint density at radius 1 is 1.29 bits per heavy atom. The highest BCUT2D eigenvalue weighted by atomic mass is 15.3. The molecule has 0 spiro atoms. The molecule has 17 heavy (non-hydrogen) atoms. The van der Waals surface area contributed by atoms with Gasteiger partial charge in [0.15, 0.2) is 0 Å². The van der Waals surface area contributed by atoms with Gasteiger partial charge in [-0.25, -0.2) is 15.0 Å². The van der Waals surface area contributed by atoms with E-state index in [1.807, 2.05) is 4.68 Å². The molecule has 0 fully saturated rings. The van der Waals surface area contributed by atoms with Crippen LogP contribution in [-0.4, -0.2) is 24.7 Å². The van der Waals surface area contributed by atoms with E-state index in [4.69, 9.17) is 5.73 Å². The molecule has 1 atom stereocenters. The molecule has 6 nitrogen and oxygen atoms in total. The fraction of sp³-hybridized carbons (Fsp3) is 0.455. The minimum Gasteiger partial charge on any atom is -0.321 e. The van der Waals surface area contributed by atoms with Crippen molar-refractivity contribution in [3.63, 3.8) is 0 Å². The van der Waals surface area contributed by atoms with Crippen LogP contribution < -0.4 is 5.73 Å². The Hall–Kier alpha value is -1.82. The summed E-state index contributed by atoms with van der Waals surface area (Å²) in [5.74, 6) is 1.52. The van der Waals surface area contributed by atoms with Gasteiger partial charge in [-0.1, -0.05) is 6.92 Å². The zero-order valence-corrected chi connectivity index (χ0v) is 9.82. The van der Waals surface area contributed by atoms with Crippen LogP contribution in [-0.2, 0) is 13.0 Å². The molecule has 0 bridgehead atoms. The average molecular weight is 232 g/mol. The van der Waals surface area contributed by atoms with Gasteiger partial charge in [0.25, 0.3) is 0 Å². The van der Waals surface area contributed by atoms with E-state index in [1.165, 1.54) is 0 Å². The highest BCUT2D eigenvalue weighted by Crippen LogP contribution is 2.09. The van der Waals surface area contributed by atoms with Gasteiger partial charge in [-0.3, -0.25) is 4.68 Å². The second kappa shape index (κ2) is 5.49. The lowest BCUT2D eigenvalue weighted by Crippen LogP contribution is -2.19. The number of hydrogen-bond donors (Lipinski definition) is 1. The summed E-state index contributed by atoms with van der Waals surface area (Å²) in [7, 11) is 0. The van der Waals surface area contributed by atoms with Gasteiger partial charge in [-0.05, 0) is 12.5 Å². The SMILES string of the molecule is CCCn1ncnc1CC(N)c1ncccn1. The number of nitrogens with zero attached hydrogens (tertiary/aromatic N) is 5.